The van der Waals surface area contributed by atoms with E-state index in [2.05, 4.69) is 20.4 Å². The summed E-state index contributed by atoms with van der Waals surface area (Å²) in [4.78, 5) is 25.7. The van der Waals surface area contributed by atoms with Gasteiger partial charge in [0.25, 0.3) is 11.3 Å². The normalized spacial score (nSPS) is 11.7. The van der Waals surface area contributed by atoms with E-state index in [0.29, 0.717) is 22.8 Å². The van der Waals surface area contributed by atoms with Gasteiger partial charge in [-0.15, -0.1) is 10.2 Å². The lowest BCUT2D eigenvalue weighted by molar-refractivity contribution is 0.0726. The molecule has 2 aromatic heterocycles. The summed E-state index contributed by atoms with van der Waals surface area (Å²) in [6.45, 7) is 5.66. The number of ether oxygens (including phenoxy) is 3. The summed E-state index contributed by atoms with van der Waals surface area (Å²) in [6, 6.07) is 11.6. The van der Waals surface area contributed by atoms with Crippen molar-refractivity contribution in [1.29, 1.82) is 0 Å². The summed E-state index contributed by atoms with van der Waals surface area (Å²) in [7, 11) is 2.94. The molecule has 0 fully saturated rings. The fourth-order valence-electron chi connectivity index (χ4n) is 3.29. The third-order valence-electron chi connectivity index (χ3n) is 5.06. The van der Waals surface area contributed by atoms with E-state index in [1.807, 2.05) is 20.8 Å². The van der Waals surface area contributed by atoms with Gasteiger partial charge in [0, 0.05) is 5.41 Å². The van der Waals surface area contributed by atoms with Crippen LogP contribution in [0.3, 0.4) is 0 Å². The molecule has 0 aliphatic heterocycles. The molecule has 4 aromatic rings. The number of nitrogens with zero attached hydrogens (tertiary/aromatic N) is 6. The third kappa shape index (κ3) is 4.74. The molecular formula is C24H24N6O5. The number of carbonyl (C=O) groups excluding carboxylic acids is 1. The van der Waals surface area contributed by atoms with E-state index >= 15 is 0 Å². The van der Waals surface area contributed by atoms with Crippen molar-refractivity contribution in [2.24, 2.45) is 5.10 Å². The Kier molecular flexibility index (Phi) is 6.32. The molecule has 0 aliphatic carbocycles. The quantitative estimate of drug-likeness (QED) is 0.237. The van der Waals surface area contributed by atoms with Crippen LogP contribution in [0.5, 0.6) is 17.2 Å². The number of fused-ring (bicyclic) bond motifs is 1. The number of benzene rings is 2. The van der Waals surface area contributed by atoms with Gasteiger partial charge in [0.1, 0.15) is 23.3 Å². The fraction of sp³-hybridized carbons (Fsp3) is 0.250. The highest BCUT2D eigenvalue weighted by molar-refractivity contribution is 5.94. The molecule has 11 nitrogen and oxygen atoms in total. The maximum Gasteiger partial charge on any atom is 0.347 e. The van der Waals surface area contributed by atoms with Crippen molar-refractivity contribution in [3.05, 3.63) is 76.0 Å². The highest BCUT2D eigenvalue weighted by Gasteiger charge is 2.24. The predicted molar refractivity (Wildman–Crippen MR) is 128 cm³/mol. The number of hydrogen-bond acceptors (Lipinski definition) is 9. The Bertz CT molecular complexity index is 1480. The van der Waals surface area contributed by atoms with E-state index in [4.69, 9.17) is 14.2 Å². The van der Waals surface area contributed by atoms with Crippen LogP contribution in [0.2, 0.25) is 0 Å². The largest absolute Gasteiger partial charge is 0.496 e. The minimum atomic E-state index is -0.589. The molecule has 0 unspecified atom stereocenters. The number of methoxy groups -OCH3 is 2. The standard InChI is InChI=1S/C24H24N6O5/c1-24(2,3)20-21(31)30(23-27-25-14-29(23)28-20)26-13-15-10-11-18(19(12-15)34-5)35-22(32)16-8-6-7-9-17(16)33-4/h6-14H,1-5H3. The Labute approximate surface area is 200 Å². The van der Waals surface area contributed by atoms with Crippen molar-refractivity contribution in [1.82, 2.24) is 24.5 Å². The number of para-hydroxylation sites is 1. The van der Waals surface area contributed by atoms with E-state index in [1.54, 1.807) is 42.5 Å². The van der Waals surface area contributed by atoms with E-state index in [9.17, 15) is 9.59 Å². The van der Waals surface area contributed by atoms with Crippen LogP contribution >= 0.6 is 0 Å². The van der Waals surface area contributed by atoms with Crippen molar-refractivity contribution in [2.75, 3.05) is 14.2 Å². The molecule has 0 bridgehead atoms. The van der Waals surface area contributed by atoms with Crippen molar-refractivity contribution in [3.63, 3.8) is 0 Å². The summed E-state index contributed by atoms with van der Waals surface area (Å²) >= 11 is 0. The smallest absolute Gasteiger partial charge is 0.347 e. The van der Waals surface area contributed by atoms with E-state index in [1.165, 1.54) is 31.3 Å². The monoisotopic (exact) mass is 476 g/mol. The summed E-state index contributed by atoms with van der Waals surface area (Å²) in [5.41, 5.74) is 0.286. The molecule has 11 heteroatoms. The van der Waals surface area contributed by atoms with E-state index in [0.717, 1.165) is 4.68 Å². The first-order chi connectivity index (χ1) is 16.7. The molecule has 4 rings (SSSR count). The molecule has 2 aromatic carbocycles. The minimum absolute atomic E-state index is 0.175. The average Bonchev–Trinajstić information content (AvgIpc) is 3.31. The van der Waals surface area contributed by atoms with Gasteiger partial charge in [-0.2, -0.15) is 19.4 Å². The molecule has 0 atom stereocenters. The topological polar surface area (TPSA) is 122 Å². The van der Waals surface area contributed by atoms with Crippen molar-refractivity contribution < 1.29 is 19.0 Å². The second-order valence-electron chi connectivity index (χ2n) is 8.54. The molecule has 0 N–H and O–H groups in total. The number of rotatable bonds is 6. The van der Waals surface area contributed by atoms with Crippen LogP contribution in [0, 0.1) is 0 Å². The Morgan fingerprint density at radius 3 is 2.49 bits per heavy atom. The van der Waals surface area contributed by atoms with Gasteiger partial charge in [0.15, 0.2) is 11.5 Å². The minimum Gasteiger partial charge on any atom is -0.496 e. The second kappa shape index (κ2) is 9.37. The van der Waals surface area contributed by atoms with Gasteiger partial charge in [-0.05, 0) is 35.9 Å². The lowest BCUT2D eigenvalue weighted by Gasteiger charge is -2.16. The molecule has 0 aliphatic rings. The molecule has 0 spiro atoms. The first kappa shape index (κ1) is 23.6. The van der Waals surface area contributed by atoms with Crippen LogP contribution in [-0.2, 0) is 5.41 Å². The first-order valence-electron chi connectivity index (χ1n) is 10.6. The highest BCUT2D eigenvalue weighted by atomic mass is 16.6. The summed E-state index contributed by atoms with van der Waals surface area (Å²) < 4.78 is 18.7. The van der Waals surface area contributed by atoms with E-state index in [-0.39, 0.29) is 17.1 Å². The van der Waals surface area contributed by atoms with Crippen molar-refractivity contribution in [2.45, 2.75) is 26.2 Å². The lowest BCUT2D eigenvalue weighted by Crippen LogP contribution is -2.33. The van der Waals surface area contributed by atoms with E-state index < -0.39 is 16.9 Å². The number of hydrogen-bond donors (Lipinski definition) is 0. The zero-order valence-electron chi connectivity index (χ0n) is 19.9. The van der Waals surface area contributed by atoms with Gasteiger partial charge < -0.3 is 14.2 Å². The van der Waals surface area contributed by atoms with Gasteiger partial charge >= 0.3 is 5.97 Å². The number of carbonyl (C=O) groups is 1. The Balaban J connectivity index is 1.66. The van der Waals surface area contributed by atoms with Gasteiger partial charge in [0.05, 0.1) is 20.4 Å². The molecule has 180 valence electrons. The zero-order chi connectivity index (χ0) is 25.2. The highest BCUT2D eigenvalue weighted by Crippen LogP contribution is 2.29. The van der Waals surface area contributed by atoms with Crippen LogP contribution in [0.1, 0.15) is 42.4 Å². The van der Waals surface area contributed by atoms with Crippen LogP contribution in [0.25, 0.3) is 5.78 Å². The molecule has 35 heavy (non-hydrogen) atoms. The van der Waals surface area contributed by atoms with Crippen LogP contribution in [0.4, 0.5) is 0 Å². The Morgan fingerprint density at radius 2 is 1.77 bits per heavy atom. The molecule has 0 amide bonds. The van der Waals surface area contributed by atoms with Gasteiger partial charge in [-0.3, -0.25) is 4.79 Å². The first-order valence-corrected chi connectivity index (χ1v) is 10.6. The van der Waals surface area contributed by atoms with Crippen molar-refractivity contribution in [3.8, 4) is 17.2 Å². The Morgan fingerprint density at radius 1 is 1.03 bits per heavy atom. The predicted octanol–water partition coefficient (Wildman–Crippen LogP) is 2.70. The maximum atomic E-state index is 13.0. The summed E-state index contributed by atoms with van der Waals surface area (Å²) in [5, 5.41) is 16.4. The second-order valence-corrected chi connectivity index (χ2v) is 8.54. The average molecular weight is 476 g/mol. The number of aromatic nitrogens is 5. The molecule has 0 saturated heterocycles. The summed E-state index contributed by atoms with van der Waals surface area (Å²) in [6.07, 6.45) is 2.88. The lowest BCUT2D eigenvalue weighted by atomic mass is 9.93. The van der Waals surface area contributed by atoms with Gasteiger partial charge in [0.2, 0.25) is 0 Å². The van der Waals surface area contributed by atoms with Crippen LogP contribution in [-0.4, -0.2) is 50.9 Å². The van der Waals surface area contributed by atoms with Gasteiger partial charge in [-0.25, -0.2) is 4.79 Å². The van der Waals surface area contributed by atoms with Crippen LogP contribution in [0.15, 0.2) is 58.7 Å². The van der Waals surface area contributed by atoms with Crippen molar-refractivity contribution >= 4 is 18.0 Å². The molecule has 2 heterocycles. The fourth-order valence-corrected chi connectivity index (χ4v) is 3.29. The number of esters is 1. The SMILES string of the molecule is COc1cc(C=Nn2c(=O)c(C(C)(C)C)nn3cnnc23)ccc1OC(=O)c1ccccc1OC. The Hall–Kier alpha value is -4.54. The summed E-state index contributed by atoms with van der Waals surface area (Å²) in [5.74, 6) is 0.513. The zero-order valence-corrected chi connectivity index (χ0v) is 19.9. The maximum absolute atomic E-state index is 13.0. The van der Waals surface area contributed by atoms with Crippen LogP contribution < -0.4 is 19.8 Å². The van der Waals surface area contributed by atoms with Gasteiger partial charge in [-0.1, -0.05) is 32.9 Å². The molecule has 0 saturated carbocycles. The molecule has 0 radical (unpaired) electrons. The third-order valence-corrected chi connectivity index (χ3v) is 5.06. The molecular weight excluding hydrogens is 452 g/mol.